The number of nitrogens with zero attached hydrogens (tertiary/aromatic N) is 1. The van der Waals surface area contributed by atoms with E-state index in [2.05, 4.69) is 39.6 Å². The van der Waals surface area contributed by atoms with Crippen molar-refractivity contribution in [1.29, 1.82) is 0 Å². The average Bonchev–Trinajstić information content (AvgIpc) is 2.26. The van der Waals surface area contributed by atoms with Gasteiger partial charge in [-0.15, -0.1) is 0 Å². The van der Waals surface area contributed by atoms with Crippen molar-refractivity contribution in [3.8, 4) is 0 Å². The highest BCUT2D eigenvalue weighted by Gasteiger charge is 2.39. The number of ether oxygens (including phenoxy) is 1. The second kappa shape index (κ2) is 6.17. The smallest absolute Gasteiger partial charge is 0.0565 e. The zero-order valence-corrected chi connectivity index (χ0v) is 12.2. The van der Waals surface area contributed by atoms with Crippen molar-refractivity contribution in [3.05, 3.63) is 0 Å². The van der Waals surface area contributed by atoms with Gasteiger partial charge in [0.25, 0.3) is 0 Å². The highest BCUT2D eigenvalue weighted by molar-refractivity contribution is 4.96. The van der Waals surface area contributed by atoms with Crippen molar-refractivity contribution in [1.82, 2.24) is 4.90 Å². The molecule has 0 saturated carbocycles. The standard InChI is InChI=1S/C14H30N2O/c1-11(2)8-12(3)16(5)14(10-15)6-7-17-13(4)9-14/h11-13H,6-10,15H2,1-5H3. The van der Waals surface area contributed by atoms with Gasteiger partial charge >= 0.3 is 0 Å². The Hall–Kier alpha value is -0.120. The molecular weight excluding hydrogens is 212 g/mol. The van der Waals surface area contributed by atoms with Crippen LogP contribution in [0.25, 0.3) is 0 Å². The summed E-state index contributed by atoms with van der Waals surface area (Å²) >= 11 is 0. The second-order valence-corrected chi connectivity index (χ2v) is 6.15. The Balaban J connectivity index is 2.70. The van der Waals surface area contributed by atoms with Crippen molar-refractivity contribution in [2.45, 2.75) is 64.6 Å². The summed E-state index contributed by atoms with van der Waals surface area (Å²) in [6.45, 7) is 10.6. The first kappa shape index (κ1) is 14.9. The SMILES string of the molecule is CC(C)CC(C)N(C)C1(CN)CCOC(C)C1. The molecule has 0 aromatic carbocycles. The van der Waals surface area contributed by atoms with E-state index in [-0.39, 0.29) is 5.54 Å². The molecule has 3 nitrogen and oxygen atoms in total. The highest BCUT2D eigenvalue weighted by Crippen LogP contribution is 2.31. The number of hydrogen-bond acceptors (Lipinski definition) is 3. The van der Waals surface area contributed by atoms with Gasteiger partial charge in [-0.3, -0.25) is 4.90 Å². The summed E-state index contributed by atoms with van der Waals surface area (Å²) in [5.74, 6) is 0.736. The van der Waals surface area contributed by atoms with E-state index >= 15 is 0 Å². The van der Waals surface area contributed by atoms with E-state index in [1.807, 2.05) is 0 Å². The van der Waals surface area contributed by atoms with Crippen LogP contribution in [0.4, 0.5) is 0 Å². The van der Waals surface area contributed by atoms with Crippen LogP contribution in [0.15, 0.2) is 0 Å². The molecule has 0 bridgehead atoms. The van der Waals surface area contributed by atoms with E-state index in [1.54, 1.807) is 0 Å². The van der Waals surface area contributed by atoms with Gasteiger partial charge in [0.2, 0.25) is 0 Å². The van der Waals surface area contributed by atoms with Gasteiger partial charge < -0.3 is 10.5 Å². The van der Waals surface area contributed by atoms with Crippen LogP contribution in [0, 0.1) is 5.92 Å². The molecule has 1 rings (SSSR count). The average molecular weight is 242 g/mol. The lowest BCUT2D eigenvalue weighted by molar-refractivity contribution is -0.0679. The van der Waals surface area contributed by atoms with Crippen LogP contribution >= 0.6 is 0 Å². The molecule has 3 unspecified atom stereocenters. The topological polar surface area (TPSA) is 38.5 Å². The molecule has 1 fully saturated rings. The molecule has 17 heavy (non-hydrogen) atoms. The normalized spacial score (nSPS) is 32.1. The van der Waals surface area contributed by atoms with Crippen LogP contribution in [0.2, 0.25) is 0 Å². The van der Waals surface area contributed by atoms with Gasteiger partial charge in [0.1, 0.15) is 0 Å². The van der Waals surface area contributed by atoms with Gasteiger partial charge in [0.15, 0.2) is 0 Å². The zero-order chi connectivity index (χ0) is 13.1. The molecular formula is C14H30N2O. The van der Waals surface area contributed by atoms with Crippen LogP contribution in [0.1, 0.15) is 47.0 Å². The Morgan fingerprint density at radius 2 is 2.06 bits per heavy atom. The van der Waals surface area contributed by atoms with E-state index in [0.29, 0.717) is 12.1 Å². The third-order valence-electron chi connectivity index (χ3n) is 4.24. The van der Waals surface area contributed by atoms with Crippen LogP contribution in [0.5, 0.6) is 0 Å². The van der Waals surface area contributed by atoms with Crippen molar-refractivity contribution in [2.75, 3.05) is 20.2 Å². The predicted molar refractivity (Wildman–Crippen MR) is 73.1 cm³/mol. The van der Waals surface area contributed by atoms with E-state index in [1.165, 1.54) is 6.42 Å². The summed E-state index contributed by atoms with van der Waals surface area (Å²) in [5, 5.41) is 0. The van der Waals surface area contributed by atoms with Crippen LogP contribution < -0.4 is 5.73 Å². The summed E-state index contributed by atoms with van der Waals surface area (Å²) < 4.78 is 5.66. The Labute approximate surface area is 107 Å². The van der Waals surface area contributed by atoms with E-state index < -0.39 is 0 Å². The second-order valence-electron chi connectivity index (χ2n) is 6.15. The first-order valence-corrected chi connectivity index (χ1v) is 6.96. The predicted octanol–water partition coefficient (Wildman–Crippen LogP) is 2.25. The van der Waals surface area contributed by atoms with Crippen molar-refractivity contribution in [2.24, 2.45) is 11.7 Å². The van der Waals surface area contributed by atoms with Gasteiger partial charge in [-0.05, 0) is 46.1 Å². The van der Waals surface area contributed by atoms with Crippen LogP contribution in [0.3, 0.4) is 0 Å². The summed E-state index contributed by atoms with van der Waals surface area (Å²) in [6, 6.07) is 0.587. The monoisotopic (exact) mass is 242 g/mol. The number of rotatable bonds is 5. The van der Waals surface area contributed by atoms with Crippen molar-refractivity contribution in [3.63, 3.8) is 0 Å². The number of likely N-dealkylation sites (N-methyl/N-ethyl adjacent to an activating group) is 1. The summed E-state index contributed by atoms with van der Waals surface area (Å²) in [4.78, 5) is 2.51. The minimum absolute atomic E-state index is 0.145. The molecule has 0 amide bonds. The molecule has 3 atom stereocenters. The van der Waals surface area contributed by atoms with Crippen LogP contribution in [-0.2, 0) is 4.74 Å². The lowest BCUT2D eigenvalue weighted by atomic mass is 9.83. The first-order valence-electron chi connectivity index (χ1n) is 6.96. The quantitative estimate of drug-likeness (QED) is 0.803. The lowest BCUT2D eigenvalue weighted by Gasteiger charge is -2.48. The van der Waals surface area contributed by atoms with Gasteiger partial charge in [-0.2, -0.15) is 0 Å². The fraction of sp³-hybridized carbons (Fsp3) is 1.00. The van der Waals surface area contributed by atoms with E-state index in [4.69, 9.17) is 10.5 Å². The molecule has 0 aromatic heterocycles. The molecule has 0 spiro atoms. The fourth-order valence-corrected chi connectivity index (χ4v) is 3.10. The summed E-state index contributed by atoms with van der Waals surface area (Å²) in [5.41, 5.74) is 6.22. The summed E-state index contributed by atoms with van der Waals surface area (Å²) in [7, 11) is 2.23. The molecule has 0 aromatic rings. The Morgan fingerprint density at radius 1 is 1.41 bits per heavy atom. The highest BCUT2D eigenvalue weighted by atomic mass is 16.5. The number of nitrogens with two attached hydrogens (primary N) is 1. The molecule has 1 saturated heterocycles. The maximum Gasteiger partial charge on any atom is 0.0565 e. The van der Waals surface area contributed by atoms with Gasteiger partial charge in [-0.25, -0.2) is 0 Å². The molecule has 1 aliphatic rings. The lowest BCUT2D eigenvalue weighted by Crippen LogP contribution is -2.59. The van der Waals surface area contributed by atoms with Crippen LogP contribution in [-0.4, -0.2) is 42.8 Å². The Bertz CT molecular complexity index is 232. The van der Waals surface area contributed by atoms with Crippen molar-refractivity contribution < 1.29 is 4.74 Å². The van der Waals surface area contributed by atoms with Gasteiger partial charge in [0.05, 0.1) is 6.10 Å². The molecule has 0 radical (unpaired) electrons. The van der Waals surface area contributed by atoms with E-state index in [0.717, 1.165) is 31.9 Å². The molecule has 1 heterocycles. The van der Waals surface area contributed by atoms with E-state index in [9.17, 15) is 0 Å². The maximum atomic E-state index is 6.07. The Morgan fingerprint density at radius 3 is 2.53 bits per heavy atom. The molecule has 102 valence electrons. The third kappa shape index (κ3) is 3.67. The third-order valence-corrected chi connectivity index (χ3v) is 4.24. The van der Waals surface area contributed by atoms with Crippen molar-refractivity contribution >= 4 is 0 Å². The van der Waals surface area contributed by atoms with Gasteiger partial charge in [0, 0.05) is 24.7 Å². The van der Waals surface area contributed by atoms with Gasteiger partial charge in [-0.1, -0.05) is 13.8 Å². The number of hydrogen-bond donors (Lipinski definition) is 1. The molecule has 1 aliphatic heterocycles. The molecule has 3 heteroatoms. The fourth-order valence-electron chi connectivity index (χ4n) is 3.10. The largest absolute Gasteiger partial charge is 0.378 e. The minimum Gasteiger partial charge on any atom is -0.378 e. The maximum absolute atomic E-state index is 6.07. The molecule has 0 aliphatic carbocycles. The minimum atomic E-state index is 0.145. The molecule has 2 N–H and O–H groups in total. The Kier molecular flexibility index (Phi) is 5.42. The zero-order valence-electron chi connectivity index (χ0n) is 12.2. The summed E-state index contributed by atoms with van der Waals surface area (Å²) in [6.07, 6.45) is 3.68. The first-order chi connectivity index (χ1) is 7.91.